The normalized spacial score (nSPS) is 10.7. The van der Waals surface area contributed by atoms with E-state index in [0.29, 0.717) is 17.7 Å². The van der Waals surface area contributed by atoms with Gasteiger partial charge in [0.2, 0.25) is 0 Å². The van der Waals surface area contributed by atoms with E-state index >= 15 is 0 Å². The summed E-state index contributed by atoms with van der Waals surface area (Å²) in [5, 5.41) is 2.96. The Labute approximate surface area is 105 Å². The van der Waals surface area contributed by atoms with Crippen LogP contribution in [0.25, 0.3) is 11.1 Å². The average molecular weight is 247 g/mol. The van der Waals surface area contributed by atoms with E-state index in [4.69, 9.17) is 0 Å². The van der Waals surface area contributed by atoms with Gasteiger partial charge in [0, 0.05) is 12.1 Å². The lowest BCUT2D eigenvalue weighted by molar-refractivity contribution is 0.622. The zero-order valence-corrected chi connectivity index (χ0v) is 10.4. The molecule has 0 saturated heterocycles. The maximum atomic E-state index is 14.0. The van der Waals surface area contributed by atoms with Crippen molar-refractivity contribution in [3.63, 3.8) is 0 Å². The minimum absolute atomic E-state index is 0.323. The van der Waals surface area contributed by atoms with Crippen molar-refractivity contribution in [1.82, 2.24) is 5.32 Å². The molecule has 0 aliphatic carbocycles. The number of hydrogen-bond donors (Lipinski definition) is 1. The fraction of sp³-hybridized carbons (Fsp3) is 0.200. The van der Waals surface area contributed by atoms with Gasteiger partial charge in [-0.2, -0.15) is 0 Å². The van der Waals surface area contributed by atoms with Gasteiger partial charge in [-0.05, 0) is 48.9 Å². The maximum Gasteiger partial charge on any atom is 0.131 e. The molecule has 0 aliphatic heterocycles. The SMILES string of the molecule is CNCc1ccc(-c2cc(F)ccc2C)c(F)c1. The van der Waals surface area contributed by atoms with Gasteiger partial charge in [-0.1, -0.05) is 18.2 Å². The van der Waals surface area contributed by atoms with Gasteiger partial charge in [0.15, 0.2) is 0 Å². The number of aryl methyl sites for hydroxylation is 1. The van der Waals surface area contributed by atoms with E-state index in [1.54, 1.807) is 12.1 Å². The van der Waals surface area contributed by atoms with Gasteiger partial charge >= 0.3 is 0 Å². The molecule has 2 aromatic rings. The first-order chi connectivity index (χ1) is 8.61. The van der Waals surface area contributed by atoms with Crippen LogP contribution in [0.4, 0.5) is 8.78 Å². The molecule has 0 bridgehead atoms. The standard InChI is InChI=1S/C15H15F2N/c1-10-3-5-12(16)8-14(10)13-6-4-11(9-18-2)7-15(13)17/h3-8,18H,9H2,1-2H3. The van der Waals surface area contributed by atoms with Crippen LogP contribution in [0.5, 0.6) is 0 Å². The van der Waals surface area contributed by atoms with Gasteiger partial charge in [-0.25, -0.2) is 8.78 Å². The average Bonchev–Trinajstić information content (AvgIpc) is 2.33. The van der Waals surface area contributed by atoms with Crippen LogP contribution in [-0.2, 0) is 6.54 Å². The smallest absolute Gasteiger partial charge is 0.131 e. The van der Waals surface area contributed by atoms with Gasteiger partial charge in [-0.15, -0.1) is 0 Å². The van der Waals surface area contributed by atoms with E-state index in [1.807, 2.05) is 20.0 Å². The van der Waals surface area contributed by atoms with Crippen LogP contribution >= 0.6 is 0 Å². The molecule has 2 rings (SSSR count). The van der Waals surface area contributed by atoms with Crippen molar-refractivity contribution in [2.24, 2.45) is 0 Å². The largest absolute Gasteiger partial charge is 0.316 e. The number of halogens is 2. The summed E-state index contributed by atoms with van der Waals surface area (Å²) < 4.78 is 27.3. The Morgan fingerprint density at radius 1 is 1.00 bits per heavy atom. The number of hydrogen-bond acceptors (Lipinski definition) is 1. The molecule has 94 valence electrons. The Balaban J connectivity index is 2.47. The maximum absolute atomic E-state index is 14.0. The fourth-order valence-corrected chi connectivity index (χ4v) is 1.98. The second kappa shape index (κ2) is 5.27. The monoisotopic (exact) mass is 247 g/mol. The van der Waals surface area contributed by atoms with Gasteiger partial charge in [0.05, 0.1) is 0 Å². The summed E-state index contributed by atoms with van der Waals surface area (Å²) in [4.78, 5) is 0. The first-order valence-electron chi connectivity index (χ1n) is 5.81. The van der Waals surface area contributed by atoms with Crippen molar-refractivity contribution >= 4 is 0 Å². The first-order valence-corrected chi connectivity index (χ1v) is 5.81. The second-order valence-electron chi connectivity index (χ2n) is 4.30. The Kier molecular flexibility index (Phi) is 3.72. The molecule has 0 heterocycles. The van der Waals surface area contributed by atoms with Gasteiger partial charge in [0.25, 0.3) is 0 Å². The summed E-state index contributed by atoms with van der Waals surface area (Å²) in [6.07, 6.45) is 0. The molecule has 0 amide bonds. The highest BCUT2D eigenvalue weighted by atomic mass is 19.1. The number of rotatable bonds is 3. The second-order valence-corrected chi connectivity index (χ2v) is 4.30. The minimum Gasteiger partial charge on any atom is -0.316 e. The van der Waals surface area contributed by atoms with Crippen LogP contribution in [0.1, 0.15) is 11.1 Å². The van der Waals surface area contributed by atoms with Crippen molar-refractivity contribution in [3.8, 4) is 11.1 Å². The third kappa shape index (κ3) is 2.57. The van der Waals surface area contributed by atoms with Crippen LogP contribution in [0.2, 0.25) is 0 Å². The highest BCUT2D eigenvalue weighted by molar-refractivity contribution is 5.68. The van der Waals surface area contributed by atoms with E-state index in [-0.39, 0.29) is 11.6 Å². The van der Waals surface area contributed by atoms with Crippen LogP contribution in [0.15, 0.2) is 36.4 Å². The number of nitrogens with one attached hydrogen (secondary N) is 1. The summed E-state index contributed by atoms with van der Waals surface area (Å²) in [6, 6.07) is 9.43. The molecule has 0 fully saturated rings. The van der Waals surface area contributed by atoms with Crippen molar-refractivity contribution in [3.05, 3.63) is 59.2 Å². The van der Waals surface area contributed by atoms with E-state index in [0.717, 1.165) is 11.1 Å². The van der Waals surface area contributed by atoms with Crippen LogP contribution in [-0.4, -0.2) is 7.05 Å². The number of benzene rings is 2. The van der Waals surface area contributed by atoms with Crippen molar-refractivity contribution in [1.29, 1.82) is 0 Å². The molecular formula is C15H15F2N. The summed E-state index contributed by atoms with van der Waals surface area (Å²) in [5.41, 5.74) is 2.76. The zero-order chi connectivity index (χ0) is 13.1. The molecule has 1 nitrogen and oxygen atoms in total. The Hall–Kier alpha value is -1.74. The molecule has 0 saturated carbocycles. The topological polar surface area (TPSA) is 12.0 Å². The highest BCUT2D eigenvalue weighted by Gasteiger charge is 2.09. The van der Waals surface area contributed by atoms with Gasteiger partial charge < -0.3 is 5.32 Å². The molecule has 3 heteroatoms. The van der Waals surface area contributed by atoms with Gasteiger partial charge in [-0.3, -0.25) is 0 Å². The van der Waals surface area contributed by atoms with Crippen molar-refractivity contribution < 1.29 is 8.78 Å². The Morgan fingerprint density at radius 3 is 2.44 bits per heavy atom. The van der Waals surface area contributed by atoms with Crippen molar-refractivity contribution in [2.45, 2.75) is 13.5 Å². The third-order valence-electron chi connectivity index (χ3n) is 2.90. The lowest BCUT2D eigenvalue weighted by Gasteiger charge is -2.09. The molecule has 18 heavy (non-hydrogen) atoms. The quantitative estimate of drug-likeness (QED) is 0.872. The van der Waals surface area contributed by atoms with E-state index in [9.17, 15) is 8.78 Å². The molecule has 1 N–H and O–H groups in total. The first kappa shape index (κ1) is 12.7. The lowest BCUT2D eigenvalue weighted by Crippen LogP contribution is -2.05. The lowest BCUT2D eigenvalue weighted by atomic mass is 9.98. The molecule has 0 atom stereocenters. The van der Waals surface area contributed by atoms with Gasteiger partial charge in [0.1, 0.15) is 11.6 Å². The van der Waals surface area contributed by atoms with E-state index in [1.165, 1.54) is 18.2 Å². The summed E-state index contributed by atoms with van der Waals surface area (Å²) in [6.45, 7) is 2.45. The Morgan fingerprint density at radius 2 is 1.78 bits per heavy atom. The zero-order valence-electron chi connectivity index (χ0n) is 10.4. The molecule has 0 spiro atoms. The molecular weight excluding hydrogens is 232 g/mol. The van der Waals surface area contributed by atoms with Crippen LogP contribution < -0.4 is 5.32 Å². The molecule has 0 aliphatic rings. The molecule has 0 aromatic heterocycles. The Bertz CT molecular complexity index is 564. The van der Waals surface area contributed by atoms with E-state index < -0.39 is 0 Å². The van der Waals surface area contributed by atoms with Crippen LogP contribution in [0.3, 0.4) is 0 Å². The highest BCUT2D eigenvalue weighted by Crippen LogP contribution is 2.27. The summed E-state index contributed by atoms with van der Waals surface area (Å²) >= 11 is 0. The third-order valence-corrected chi connectivity index (χ3v) is 2.90. The van der Waals surface area contributed by atoms with Crippen molar-refractivity contribution in [2.75, 3.05) is 7.05 Å². The fourth-order valence-electron chi connectivity index (χ4n) is 1.98. The predicted molar refractivity (Wildman–Crippen MR) is 69.3 cm³/mol. The van der Waals surface area contributed by atoms with Crippen LogP contribution in [0, 0.1) is 18.6 Å². The minimum atomic E-state index is -0.352. The predicted octanol–water partition coefficient (Wildman–Crippen LogP) is 3.66. The molecule has 0 radical (unpaired) electrons. The summed E-state index contributed by atoms with van der Waals surface area (Å²) in [5.74, 6) is -0.675. The summed E-state index contributed by atoms with van der Waals surface area (Å²) in [7, 11) is 1.81. The molecule has 2 aromatic carbocycles. The van der Waals surface area contributed by atoms with E-state index in [2.05, 4.69) is 5.32 Å². The molecule has 0 unspecified atom stereocenters.